The number of nitrogens with two attached hydrogens (primary N) is 1. The molecule has 0 radical (unpaired) electrons. The largest absolute Gasteiger partial charge is 0.320 e. The van der Waals surface area contributed by atoms with Crippen LogP contribution in [0.25, 0.3) is 0 Å². The highest BCUT2D eigenvalue weighted by atomic mass is 79.9. The van der Waals surface area contributed by atoms with E-state index in [4.69, 9.17) is 5.73 Å². The minimum Gasteiger partial charge on any atom is -0.320 e. The molecule has 2 N–H and O–H groups in total. The highest BCUT2D eigenvalue weighted by Crippen LogP contribution is 2.38. The van der Waals surface area contributed by atoms with Gasteiger partial charge in [0.1, 0.15) is 0 Å². The molecule has 0 aromatic carbocycles. The van der Waals surface area contributed by atoms with Crippen LogP contribution in [0.3, 0.4) is 0 Å². The molecule has 1 aliphatic carbocycles. The van der Waals surface area contributed by atoms with E-state index in [0.29, 0.717) is 0 Å². The van der Waals surface area contributed by atoms with Gasteiger partial charge in [-0.3, -0.25) is 0 Å². The highest BCUT2D eigenvalue weighted by Gasteiger charge is 2.17. The summed E-state index contributed by atoms with van der Waals surface area (Å²) >= 11 is 8.78. The topological polar surface area (TPSA) is 26.0 Å². The lowest BCUT2D eigenvalue weighted by Gasteiger charge is -2.14. The summed E-state index contributed by atoms with van der Waals surface area (Å²) in [4.78, 5) is 0. The van der Waals surface area contributed by atoms with E-state index in [9.17, 15) is 0 Å². The molecule has 1 aromatic heterocycles. The number of hydrogen-bond acceptors (Lipinski definition) is 2. The van der Waals surface area contributed by atoms with Crippen molar-refractivity contribution in [3.8, 4) is 0 Å². The summed E-state index contributed by atoms with van der Waals surface area (Å²) in [6.07, 6.45) is 8.61. The van der Waals surface area contributed by atoms with Crippen molar-refractivity contribution in [3.63, 3.8) is 0 Å². The number of halogens is 2. The summed E-state index contributed by atoms with van der Waals surface area (Å²) in [5.41, 5.74) is 8.96. The van der Waals surface area contributed by atoms with Gasteiger partial charge in [-0.15, -0.1) is 11.3 Å². The van der Waals surface area contributed by atoms with Gasteiger partial charge in [0.25, 0.3) is 0 Å². The Balaban J connectivity index is 2.20. The van der Waals surface area contributed by atoms with Crippen molar-refractivity contribution in [2.24, 2.45) is 5.73 Å². The molecule has 4 heteroatoms. The van der Waals surface area contributed by atoms with Crippen molar-refractivity contribution in [2.45, 2.75) is 38.1 Å². The van der Waals surface area contributed by atoms with Crippen molar-refractivity contribution >= 4 is 43.2 Å². The summed E-state index contributed by atoms with van der Waals surface area (Å²) in [6.45, 7) is 0. The lowest BCUT2D eigenvalue weighted by atomic mass is 9.98. The predicted molar refractivity (Wildman–Crippen MR) is 77.8 cm³/mol. The Bertz CT molecular complexity index is 398. The molecule has 1 aliphatic rings. The van der Waals surface area contributed by atoms with Crippen LogP contribution in [0.5, 0.6) is 0 Å². The normalized spacial score (nSPS) is 19.1. The molecule has 0 aliphatic heterocycles. The van der Waals surface area contributed by atoms with Crippen LogP contribution in [-0.4, -0.2) is 0 Å². The minimum atomic E-state index is 0.0648. The molecule has 0 spiro atoms. The summed E-state index contributed by atoms with van der Waals surface area (Å²) in [5, 5.41) is 0. The third-order valence-corrected chi connectivity index (χ3v) is 5.38. The Morgan fingerprint density at radius 1 is 1.25 bits per heavy atom. The van der Waals surface area contributed by atoms with E-state index in [1.165, 1.54) is 36.8 Å². The van der Waals surface area contributed by atoms with Crippen molar-refractivity contribution in [1.82, 2.24) is 0 Å². The molecule has 2 rings (SSSR count). The smallest absolute Gasteiger partial charge is 0.0761 e. The molecule has 1 unspecified atom stereocenters. The molecular formula is C12H15Br2NS. The molecule has 0 amide bonds. The molecular weight excluding hydrogens is 350 g/mol. The van der Waals surface area contributed by atoms with E-state index >= 15 is 0 Å². The average molecular weight is 365 g/mol. The molecule has 0 fully saturated rings. The fourth-order valence-corrected chi connectivity index (χ4v) is 5.02. The lowest BCUT2D eigenvalue weighted by molar-refractivity contribution is 0.688. The van der Waals surface area contributed by atoms with E-state index in [1.807, 2.05) is 0 Å². The predicted octanol–water partition coefficient (Wildman–Crippen LogP) is 5.16. The van der Waals surface area contributed by atoms with Gasteiger partial charge >= 0.3 is 0 Å². The van der Waals surface area contributed by atoms with E-state index < -0.39 is 0 Å². The third-order valence-electron chi connectivity index (χ3n) is 2.99. The van der Waals surface area contributed by atoms with Gasteiger partial charge in [-0.2, -0.15) is 0 Å². The van der Waals surface area contributed by atoms with E-state index in [1.54, 1.807) is 11.3 Å². The fraction of sp³-hybridized carbons (Fsp3) is 0.500. The van der Waals surface area contributed by atoms with E-state index in [2.05, 4.69) is 44.0 Å². The summed E-state index contributed by atoms with van der Waals surface area (Å²) in [7, 11) is 0. The maximum atomic E-state index is 6.34. The summed E-state index contributed by atoms with van der Waals surface area (Å²) < 4.78 is 2.29. The van der Waals surface area contributed by atoms with Gasteiger partial charge in [0.2, 0.25) is 0 Å². The van der Waals surface area contributed by atoms with Crippen LogP contribution in [0.4, 0.5) is 0 Å². The number of thiophene rings is 1. The molecule has 1 atom stereocenters. The molecule has 0 bridgehead atoms. The first-order valence-corrected chi connectivity index (χ1v) is 7.98. The van der Waals surface area contributed by atoms with Gasteiger partial charge in [0.15, 0.2) is 0 Å². The van der Waals surface area contributed by atoms with Crippen LogP contribution in [-0.2, 0) is 0 Å². The van der Waals surface area contributed by atoms with E-state index in [-0.39, 0.29) is 6.04 Å². The zero-order valence-corrected chi connectivity index (χ0v) is 13.0. The first-order chi connectivity index (χ1) is 7.68. The third kappa shape index (κ3) is 2.97. The molecule has 88 valence electrons. The highest BCUT2D eigenvalue weighted by molar-refractivity contribution is 9.12. The summed E-state index contributed by atoms with van der Waals surface area (Å²) in [6, 6.07) is 2.19. The van der Waals surface area contributed by atoms with Gasteiger partial charge in [0, 0.05) is 0 Å². The van der Waals surface area contributed by atoms with Crippen LogP contribution in [0.1, 0.15) is 43.7 Å². The molecule has 1 nitrogen and oxygen atoms in total. The maximum Gasteiger partial charge on any atom is 0.0761 e. The van der Waals surface area contributed by atoms with Crippen molar-refractivity contribution in [3.05, 3.63) is 30.9 Å². The first kappa shape index (κ1) is 12.8. The zero-order chi connectivity index (χ0) is 11.5. The second kappa shape index (κ2) is 5.80. The van der Waals surface area contributed by atoms with Crippen LogP contribution in [0, 0.1) is 0 Å². The fourth-order valence-electron chi connectivity index (χ4n) is 2.09. The van der Waals surface area contributed by atoms with Crippen molar-refractivity contribution < 1.29 is 0 Å². The second-order valence-corrected chi connectivity index (χ2v) is 7.88. The maximum absolute atomic E-state index is 6.34. The quantitative estimate of drug-likeness (QED) is 0.720. The average Bonchev–Trinajstić information content (AvgIpc) is 2.49. The Morgan fingerprint density at radius 3 is 2.75 bits per heavy atom. The van der Waals surface area contributed by atoms with Gasteiger partial charge in [-0.1, -0.05) is 18.1 Å². The standard InChI is InChI=1S/C12H15Br2NS/c13-10-7-9(12(14)16-10)11(15)8-5-3-1-2-4-6-8/h5,7,11H,1-4,6,15H2. The second-order valence-electron chi connectivity index (χ2n) is 4.14. The Kier molecular flexibility index (Phi) is 4.65. The van der Waals surface area contributed by atoms with Crippen LogP contribution in [0.2, 0.25) is 0 Å². The zero-order valence-electron chi connectivity index (χ0n) is 9.01. The Labute approximate surface area is 117 Å². The molecule has 1 aromatic rings. The Morgan fingerprint density at radius 2 is 2.06 bits per heavy atom. The number of hydrogen-bond donors (Lipinski definition) is 1. The number of rotatable bonds is 2. The van der Waals surface area contributed by atoms with Gasteiger partial charge < -0.3 is 5.73 Å². The monoisotopic (exact) mass is 363 g/mol. The van der Waals surface area contributed by atoms with Crippen molar-refractivity contribution in [2.75, 3.05) is 0 Å². The van der Waals surface area contributed by atoms with Gasteiger partial charge in [-0.25, -0.2) is 0 Å². The summed E-state index contributed by atoms with van der Waals surface area (Å²) in [5.74, 6) is 0. The lowest BCUT2D eigenvalue weighted by Crippen LogP contribution is -2.12. The van der Waals surface area contributed by atoms with Gasteiger partial charge in [0.05, 0.1) is 13.6 Å². The molecule has 0 saturated carbocycles. The minimum absolute atomic E-state index is 0.0648. The SMILES string of the molecule is NC(C1=CCCCCC1)c1cc(Br)sc1Br. The van der Waals surface area contributed by atoms with Crippen molar-refractivity contribution in [1.29, 1.82) is 0 Å². The van der Waals surface area contributed by atoms with Gasteiger partial charge in [-0.05, 0) is 69.2 Å². The van der Waals surface area contributed by atoms with E-state index in [0.717, 1.165) is 14.0 Å². The van der Waals surface area contributed by atoms with Crippen LogP contribution in [0.15, 0.2) is 25.3 Å². The first-order valence-electron chi connectivity index (χ1n) is 5.57. The van der Waals surface area contributed by atoms with Crippen LogP contribution >= 0.6 is 43.2 Å². The Hall–Kier alpha value is 0.360. The van der Waals surface area contributed by atoms with Crippen LogP contribution < -0.4 is 5.73 Å². The molecule has 1 heterocycles. The molecule has 0 saturated heterocycles. The molecule has 16 heavy (non-hydrogen) atoms. The number of allylic oxidation sites excluding steroid dienone is 1.